The Morgan fingerprint density at radius 3 is 2.42 bits per heavy atom. The molecule has 0 bridgehead atoms. The van der Waals surface area contributed by atoms with Crippen molar-refractivity contribution in [3.05, 3.63) is 11.7 Å². The first kappa shape index (κ1) is 23.6. The van der Waals surface area contributed by atoms with Gasteiger partial charge in [0, 0.05) is 5.75 Å². The van der Waals surface area contributed by atoms with Gasteiger partial charge in [-0.05, 0) is 6.92 Å². The van der Waals surface area contributed by atoms with E-state index in [0.29, 0.717) is 0 Å². The maximum absolute atomic E-state index is 11.9. The number of carbonyl (C=O) groups excluding carboxylic acids is 2. The van der Waals surface area contributed by atoms with Gasteiger partial charge in [-0.25, -0.2) is 9.59 Å². The molecule has 0 aromatic carbocycles. The quantitative estimate of drug-likeness (QED) is 0.248. The molecule has 1 rings (SSSR count). The number of nitrogens with one attached hydrogen (secondary N) is 2. The van der Waals surface area contributed by atoms with Crippen LogP contribution in [0.3, 0.4) is 0 Å². The molecule has 1 aromatic heterocycles. The van der Waals surface area contributed by atoms with Crippen molar-refractivity contribution in [2.75, 3.05) is 5.75 Å². The molecule has 0 saturated carbocycles. The first-order valence-corrected chi connectivity index (χ1v) is 7.75. The van der Waals surface area contributed by atoms with Crippen LogP contribution in [0.2, 0.25) is 0 Å². The van der Waals surface area contributed by atoms with Crippen molar-refractivity contribution < 1.29 is 29.1 Å². The van der Waals surface area contributed by atoms with Crippen LogP contribution in [0, 0.1) is 0 Å². The highest BCUT2D eigenvalue weighted by Gasteiger charge is 2.29. The second-order valence-corrected chi connectivity index (χ2v) is 5.54. The number of hydrogen-bond acceptors (Lipinski definition) is 9. The summed E-state index contributed by atoms with van der Waals surface area (Å²) in [6, 6.07) is -4.24. The minimum absolute atomic E-state index is 0. The third kappa shape index (κ3) is 6.85. The lowest BCUT2D eigenvalue weighted by Crippen LogP contribution is -2.52. The molecule has 0 saturated heterocycles. The van der Waals surface area contributed by atoms with E-state index in [2.05, 4.69) is 33.4 Å². The number of urea groups is 1. The predicted molar refractivity (Wildman–Crippen MR) is 93.1 cm³/mol. The lowest BCUT2D eigenvalue weighted by molar-refractivity contribution is -0.141. The molecule has 4 atom stereocenters. The Balaban J connectivity index is 0.00000625. The molecule has 0 aliphatic carbocycles. The van der Waals surface area contributed by atoms with Gasteiger partial charge in [0.1, 0.15) is 6.04 Å². The van der Waals surface area contributed by atoms with Crippen molar-refractivity contribution >= 4 is 30.5 Å². The molecule has 0 spiro atoms. The summed E-state index contributed by atoms with van der Waals surface area (Å²) >= 11 is 4.00. The number of nitrogens with zero attached hydrogens (tertiary/aromatic N) is 2. The molecule has 1 aromatic rings. The van der Waals surface area contributed by atoms with E-state index in [9.17, 15) is 19.5 Å². The number of amides is 3. The summed E-state index contributed by atoms with van der Waals surface area (Å²) in [4.78, 5) is 38.1. The van der Waals surface area contributed by atoms with E-state index in [4.69, 9.17) is 21.1 Å². The normalized spacial score (nSPS) is 15.1. The average molecular weight is 392 g/mol. The van der Waals surface area contributed by atoms with Crippen molar-refractivity contribution in [1.82, 2.24) is 20.8 Å². The highest BCUT2D eigenvalue weighted by Crippen LogP contribution is 2.17. The minimum atomic E-state index is -1.55. The minimum Gasteiger partial charge on any atom is -0.480 e. The van der Waals surface area contributed by atoms with Gasteiger partial charge in [-0.1, -0.05) is 12.6 Å². The van der Waals surface area contributed by atoms with Crippen LogP contribution in [0.1, 0.15) is 44.6 Å². The Labute approximate surface area is 155 Å². The van der Waals surface area contributed by atoms with Crippen LogP contribution >= 0.6 is 12.6 Å². The number of carboxylic acids is 1. The zero-order valence-corrected chi connectivity index (χ0v) is 14.1. The zero-order valence-electron chi connectivity index (χ0n) is 13.2. The fraction of sp³-hybridized carbons (Fsp3) is 0.615. The highest BCUT2D eigenvalue weighted by atomic mass is 32.1. The maximum Gasteiger partial charge on any atom is 0.328 e. The van der Waals surface area contributed by atoms with Gasteiger partial charge in [-0.2, -0.15) is 17.6 Å². The van der Waals surface area contributed by atoms with Gasteiger partial charge in [0.25, 0.3) is 0 Å². The van der Waals surface area contributed by atoms with Crippen LogP contribution in [-0.4, -0.2) is 56.2 Å². The van der Waals surface area contributed by atoms with Gasteiger partial charge in [0.05, 0.1) is 18.6 Å². The molecule has 0 radical (unpaired) electrons. The van der Waals surface area contributed by atoms with Crippen LogP contribution < -0.4 is 22.1 Å². The number of primary amides is 1. The van der Waals surface area contributed by atoms with E-state index < -0.39 is 42.1 Å². The van der Waals surface area contributed by atoms with Crippen molar-refractivity contribution in [3.8, 4) is 0 Å². The van der Waals surface area contributed by atoms with Crippen molar-refractivity contribution in [2.24, 2.45) is 11.5 Å². The van der Waals surface area contributed by atoms with Crippen molar-refractivity contribution in [3.63, 3.8) is 0 Å². The molecule has 0 aliphatic rings. The second kappa shape index (κ2) is 10.6. The summed E-state index contributed by atoms with van der Waals surface area (Å²) in [6.07, 6.45) is -1.72. The molecular formula is C13H24N6O6S. The van der Waals surface area contributed by atoms with Crippen LogP contribution in [-0.2, 0) is 9.59 Å². The third-order valence-electron chi connectivity index (χ3n) is 3.03. The number of aliphatic hydroxyl groups is 1. The van der Waals surface area contributed by atoms with Gasteiger partial charge >= 0.3 is 12.0 Å². The molecule has 3 amide bonds. The van der Waals surface area contributed by atoms with Gasteiger partial charge in [-0.15, -0.1) is 0 Å². The number of aliphatic hydroxyl groups excluding tert-OH is 1. The van der Waals surface area contributed by atoms with Crippen LogP contribution in [0.4, 0.5) is 4.79 Å². The van der Waals surface area contributed by atoms with Gasteiger partial charge in [0.2, 0.25) is 11.8 Å². The summed E-state index contributed by atoms with van der Waals surface area (Å²) in [6.45, 7) is 1.20. The fourth-order valence-corrected chi connectivity index (χ4v) is 1.92. The molecule has 26 heavy (non-hydrogen) atoms. The van der Waals surface area contributed by atoms with E-state index >= 15 is 0 Å². The monoisotopic (exact) mass is 392 g/mol. The Bertz CT molecular complexity index is 624. The summed E-state index contributed by atoms with van der Waals surface area (Å²) in [5.74, 6) is -1.98. The Morgan fingerprint density at radius 2 is 1.96 bits per heavy atom. The Hall–Kier alpha value is -2.38. The zero-order chi connectivity index (χ0) is 19.1. The summed E-state index contributed by atoms with van der Waals surface area (Å²) in [5, 5.41) is 26.3. The van der Waals surface area contributed by atoms with Crippen LogP contribution in [0.5, 0.6) is 0 Å². The second-order valence-electron chi connectivity index (χ2n) is 5.18. The molecule has 12 nitrogen and oxygen atoms in total. The number of nitrogens with two attached hydrogens (primary N) is 2. The van der Waals surface area contributed by atoms with Gasteiger partial charge < -0.3 is 36.8 Å². The molecular weight excluding hydrogens is 368 g/mol. The number of rotatable bonds is 9. The molecule has 13 heteroatoms. The lowest BCUT2D eigenvalue weighted by Gasteiger charge is -2.19. The molecule has 1 heterocycles. The van der Waals surface area contributed by atoms with Crippen LogP contribution in [0.15, 0.2) is 4.52 Å². The number of carbonyl (C=O) groups is 3. The summed E-state index contributed by atoms with van der Waals surface area (Å²) < 4.78 is 4.96. The molecule has 1 unspecified atom stereocenters. The smallest absolute Gasteiger partial charge is 0.328 e. The topological polar surface area (TPSA) is 207 Å². The average Bonchev–Trinajstić information content (AvgIpc) is 3.00. The molecule has 148 valence electrons. The number of carboxylic acid groups (broad SMARTS) is 1. The van der Waals surface area contributed by atoms with Crippen molar-refractivity contribution in [1.29, 1.82) is 0 Å². The van der Waals surface area contributed by atoms with E-state index in [1.807, 2.05) is 0 Å². The molecule has 8 N–H and O–H groups in total. The first-order valence-electron chi connectivity index (χ1n) is 7.11. The van der Waals surface area contributed by atoms with Gasteiger partial charge in [-0.3, -0.25) is 4.79 Å². The predicted octanol–water partition coefficient (Wildman–Crippen LogP) is -1.31. The first-order chi connectivity index (χ1) is 11.6. The Morgan fingerprint density at radius 1 is 1.35 bits per heavy atom. The van der Waals surface area contributed by atoms with Crippen LogP contribution in [0.25, 0.3) is 0 Å². The number of hydrogen-bond donors (Lipinski definition) is 7. The van der Waals surface area contributed by atoms with Gasteiger partial charge in [0.15, 0.2) is 11.9 Å². The standard InChI is InChI=1S/C12H20N6O6S.CH4/c1-4(19)8(11(21)22)16-12(23)15-6(2-7(14)20)10-17-9(18-24-10)5(13)3-25;/h4-6,8,19,25H,2-3,13H2,1H3,(H2,14,20)(H,21,22)(H2,15,16,23);1H4/t4?,5-,6-,8-;/m0./s1. The SMILES string of the molecule is C.CC(O)[C@H](NC(=O)N[C@@H](CC(N)=O)c1nc([C@@H](N)CS)no1)C(=O)O. The maximum atomic E-state index is 11.9. The number of thiol groups is 1. The van der Waals surface area contributed by atoms with E-state index in [1.165, 1.54) is 6.92 Å². The summed E-state index contributed by atoms with van der Waals surface area (Å²) in [5.41, 5.74) is 10.8. The fourth-order valence-electron chi connectivity index (χ4n) is 1.75. The molecule has 0 fully saturated rings. The largest absolute Gasteiger partial charge is 0.480 e. The van der Waals surface area contributed by atoms with E-state index in [0.717, 1.165) is 0 Å². The number of aliphatic carboxylic acids is 1. The third-order valence-corrected chi connectivity index (χ3v) is 3.42. The Kier molecular flexibility index (Phi) is 9.61. The van der Waals surface area contributed by atoms with Crippen molar-refractivity contribution in [2.45, 2.75) is 45.0 Å². The number of aromatic nitrogens is 2. The lowest BCUT2D eigenvalue weighted by atomic mass is 10.2. The van der Waals surface area contributed by atoms with E-state index in [-0.39, 0.29) is 31.3 Å². The summed E-state index contributed by atoms with van der Waals surface area (Å²) in [7, 11) is 0. The molecule has 0 aliphatic heterocycles. The van der Waals surface area contributed by atoms with E-state index in [1.54, 1.807) is 0 Å². The highest BCUT2D eigenvalue weighted by molar-refractivity contribution is 7.80.